The molecule has 1 amide bonds. The Balaban J connectivity index is 1.90. The summed E-state index contributed by atoms with van der Waals surface area (Å²) in [5.74, 6) is 0.816. The number of rotatable bonds is 3. The molecule has 1 aliphatic rings. The van der Waals surface area contributed by atoms with Crippen LogP contribution in [0.4, 0.5) is 0 Å². The maximum atomic E-state index is 11.9. The number of carbonyl (C=O) groups excluding carboxylic acids is 1. The fraction of sp³-hybridized carbons (Fsp3) is 0.667. The molecule has 1 heterocycles. The highest BCUT2D eigenvalue weighted by Crippen LogP contribution is 2.22. The maximum Gasteiger partial charge on any atom is 0.223 e. The van der Waals surface area contributed by atoms with Crippen LogP contribution >= 0.6 is 0 Å². The molecule has 1 aromatic heterocycles. The Labute approximate surface area is 95.9 Å². The van der Waals surface area contributed by atoms with E-state index in [0.717, 1.165) is 37.2 Å². The van der Waals surface area contributed by atoms with Gasteiger partial charge in [-0.15, -0.1) is 0 Å². The van der Waals surface area contributed by atoms with Gasteiger partial charge in [-0.2, -0.15) is 0 Å². The molecule has 0 bridgehead atoms. The number of hydrogen-bond donors (Lipinski definition) is 2. The van der Waals surface area contributed by atoms with Crippen molar-refractivity contribution in [1.29, 1.82) is 0 Å². The number of fused-ring (bicyclic) bond motifs is 1. The molecule has 4 heteroatoms. The van der Waals surface area contributed by atoms with Gasteiger partial charge in [-0.3, -0.25) is 4.79 Å². The lowest BCUT2D eigenvalue weighted by atomic mass is 9.89. The average molecular weight is 221 g/mol. The van der Waals surface area contributed by atoms with Gasteiger partial charge in [0.1, 0.15) is 0 Å². The first-order valence-corrected chi connectivity index (χ1v) is 5.95. The third-order valence-corrected chi connectivity index (χ3v) is 3.04. The van der Waals surface area contributed by atoms with Gasteiger partial charge in [0, 0.05) is 24.6 Å². The summed E-state index contributed by atoms with van der Waals surface area (Å²) in [5.41, 5.74) is 2.27. The first-order valence-electron chi connectivity index (χ1n) is 5.95. The van der Waals surface area contributed by atoms with Crippen LogP contribution in [0.15, 0.2) is 6.33 Å². The zero-order valence-corrected chi connectivity index (χ0v) is 9.92. The second-order valence-corrected chi connectivity index (χ2v) is 4.91. The molecule has 0 saturated carbocycles. The van der Waals surface area contributed by atoms with E-state index in [2.05, 4.69) is 29.1 Å². The van der Waals surface area contributed by atoms with E-state index >= 15 is 0 Å². The van der Waals surface area contributed by atoms with Crippen molar-refractivity contribution in [3.8, 4) is 0 Å². The molecule has 0 radical (unpaired) electrons. The molecule has 1 aromatic rings. The number of nitrogens with zero attached hydrogens (tertiary/aromatic N) is 1. The highest BCUT2D eigenvalue weighted by molar-refractivity contribution is 5.79. The molecular weight excluding hydrogens is 202 g/mol. The maximum absolute atomic E-state index is 11.9. The molecule has 4 nitrogen and oxygen atoms in total. The Bertz CT molecular complexity index is 370. The highest BCUT2D eigenvalue weighted by Gasteiger charge is 2.25. The van der Waals surface area contributed by atoms with Crippen molar-refractivity contribution >= 4 is 5.91 Å². The van der Waals surface area contributed by atoms with E-state index < -0.39 is 0 Å². The van der Waals surface area contributed by atoms with Gasteiger partial charge in [0.05, 0.1) is 12.0 Å². The summed E-state index contributed by atoms with van der Waals surface area (Å²) in [6.45, 7) is 4.98. The smallest absolute Gasteiger partial charge is 0.223 e. The summed E-state index contributed by atoms with van der Waals surface area (Å²) in [4.78, 5) is 19.2. The number of nitrogens with one attached hydrogen (secondary N) is 2. The van der Waals surface area contributed by atoms with E-state index in [-0.39, 0.29) is 11.8 Å². The van der Waals surface area contributed by atoms with Crippen LogP contribution in [0.25, 0.3) is 0 Å². The Morgan fingerprint density at radius 1 is 1.69 bits per heavy atom. The van der Waals surface area contributed by atoms with Gasteiger partial charge >= 0.3 is 0 Å². The minimum atomic E-state index is 0.117. The summed E-state index contributed by atoms with van der Waals surface area (Å²) >= 11 is 0. The normalized spacial score (nSPS) is 19.6. The Kier molecular flexibility index (Phi) is 3.27. The van der Waals surface area contributed by atoms with E-state index in [1.54, 1.807) is 6.33 Å². The number of aromatic amines is 1. The van der Waals surface area contributed by atoms with Crippen molar-refractivity contribution < 1.29 is 4.79 Å². The lowest BCUT2D eigenvalue weighted by Crippen LogP contribution is -2.36. The largest absolute Gasteiger partial charge is 0.356 e. The van der Waals surface area contributed by atoms with Gasteiger partial charge in [-0.1, -0.05) is 13.8 Å². The minimum absolute atomic E-state index is 0.117. The van der Waals surface area contributed by atoms with Gasteiger partial charge in [0.25, 0.3) is 0 Å². The molecule has 1 unspecified atom stereocenters. The van der Waals surface area contributed by atoms with Crippen molar-refractivity contribution in [3.63, 3.8) is 0 Å². The fourth-order valence-electron chi connectivity index (χ4n) is 2.07. The quantitative estimate of drug-likeness (QED) is 0.808. The zero-order chi connectivity index (χ0) is 11.5. The molecule has 88 valence electrons. The van der Waals surface area contributed by atoms with E-state index in [1.807, 2.05) is 0 Å². The van der Waals surface area contributed by atoms with E-state index in [0.29, 0.717) is 5.92 Å². The van der Waals surface area contributed by atoms with Gasteiger partial charge in [-0.25, -0.2) is 4.98 Å². The first-order chi connectivity index (χ1) is 7.66. The highest BCUT2D eigenvalue weighted by atomic mass is 16.1. The predicted molar refractivity (Wildman–Crippen MR) is 62.0 cm³/mol. The van der Waals surface area contributed by atoms with Crippen LogP contribution in [0.1, 0.15) is 31.7 Å². The molecule has 2 N–H and O–H groups in total. The molecule has 0 spiro atoms. The number of hydrogen-bond acceptors (Lipinski definition) is 2. The van der Waals surface area contributed by atoms with Crippen molar-refractivity contribution in [2.75, 3.05) is 6.54 Å². The van der Waals surface area contributed by atoms with Crippen molar-refractivity contribution in [1.82, 2.24) is 15.3 Å². The van der Waals surface area contributed by atoms with Crippen LogP contribution in [0.3, 0.4) is 0 Å². The molecule has 0 saturated heterocycles. The van der Waals surface area contributed by atoms with E-state index in [9.17, 15) is 4.79 Å². The van der Waals surface area contributed by atoms with Crippen molar-refractivity contribution in [2.24, 2.45) is 11.8 Å². The monoisotopic (exact) mass is 221 g/mol. The van der Waals surface area contributed by atoms with Gasteiger partial charge < -0.3 is 10.3 Å². The number of carbonyl (C=O) groups is 1. The van der Waals surface area contributed by atoms with E-state index in [4.69, 9.17) is 0 Å². The van der Waals surface area contributed by atoms with Crippen LogP contribution in [-0.4, -0.2) is 22.4 Å². The third kappa shape index (κ3) is 2.43. The topological polar surface area (TPSA) is 57.8 Å². The number of aryl methyl sites for hydroxylation is 1. The van der Waals surface area contributed by atoms with Crippen LogP contribution < -0.4 is 5.32 Å². The number of amides is 1. The third-order valence-electron chi connectivity index (χ3n) is 3.04. The van der Waals surface area contributed by atoms with Crippen molar-refractivity contribution in [3.05, 3.63) is 17.7 Å². The molecular formula is C12H19N3O. The standard InChI is InChI=1S/C12H19N3O/c1-8(2)6-13-12(16)9-3-4-10-11(5-9)15-7-14-10/h7-9H,3-6H2,1-2H3,(H,13,16)(H,14,15). The summed E-state index contributed by atoms with van der Waals surface area (Å²) < 4.78 is 0. The molecule has 0 aromatic carbocycles. The Hall–Kier alpha value is -1.32. The molecule has 1 atom stereocenters. The number of aromatic nitrogens is 2. The van der Waals surface area contributed by atoms with Crippen LogP contribution in [0.2, 0.25) is 0 Å². The van der Waals surface area contributed by atoms with Crippen LogP contribution in [0.5, 0.6) is 0 Å². The van der Waals surface area contributed by atoms with Crippen LogP contribution in [-0.2, 0) is 17.6 Å². The van der Waals surface area contributed by atoms with E-state index in [1.165, 1.54) is 0 Å². The lowest BCUT2D eigenvalue weighted by molar-refractivity contribution is -0.125. The van der Waals surface area contributed by atoms with Gasteiger partial charge in [-0.05, 0) is 18.8 Å². The number of H-pyrrole nitrogens is 1. The lowest BCUT2D eigenvalue weighted by Gasteiger charge is -2.21. The molecule has 0 fully saturated rings. The van der Waals surface area contributed by atoms with Gasteiger partial charge in [0.2, 0.25) is 5.91 Å². The summed E-state index contributed by atoms with van der Waals surface area (Å²) in [5, 5.41) is 3.00. The minimum Gasteiger partial charge on any atom is -0.356 e. The molecule has 16 heavy (non-hydrogen) atoms. The number of imidazole rings is 1. The summed E-state index contributed by atoms with van der Waals surface area (Å²) in [6, 6.07) is 0. The Morgan fingerprint density at radius 3 is 3.25 bits per heavy atom. The summed E-state index contributed by atoms with van der Waals surface area (Å²) in [7, 11) is 0. The second-order valence-electron chi connectivity index (χ2n) is 4.91. The molecule has 0 aliphatic heterocycles. The average Bonchev–Trinajstić information content (AvgIpc) is 2.72. The fourth-order valence-corrected chi connectivity index (χ4v) is 2.07. The molecule has 2 rings (SSSR count). The van der Waals surface area contributed by atoms with Crippen LogP contribution in [0, 0.1) is 11.8 Å². The first kappa shape index (κ1) is 11.2. The predicted octanol–water partition coefficient (Wildman–Crippen LogP) is 1.29. The second kappa shape index (κ2) is 4.68. The summed E-state index contributed by atoms with van der Waals surface area (Å²) in [6.07, 6.45) is 4.36. The Morgan fingerprint density at radius 2 is 2.50 bits per heavy atom. The van der Waals surface area contributed by atoms with Crippen molar-refractivity contribution in [2.45, 2.75) is 33.1 Å². The molecule has 1 aliphatic carbocycles. The zero-order valence-electron chi connectivity index (χ0n) is 9.92. The SMILES string of the molecule is CC(C)CNC(=O)C1CCc2nc[nH]c2C1. The van der Waals surface area contributed by atoms with Gasteiger partial charge in [0.15, 0.2) is 0 Å².